The second kappa shape index (κ2) is 17.2. The molecule has 0 N–H and O–H groups in total. The maximum atomic E-state index is 2.47. The van der Waals surface area contributed by atoms with Crippen LogP contribution in [0.15, 0.2) is 237 Å². The average Bonchev–Trinajstić information content (AvgIpc) is 3.67. The molecule has 10 aromatic rings. The quantitative estimate of drug-likeness (QED) is 0.140. The van der Waals surface area contributed by atoms with Gasteiger partial charge in [-0.05, 0) is 145 Å². The molecule has 1 atom stereocenters. The summed E-state index contributed by atoms with van der Waals surface area (Å²) in [6.07, 6.45) is 6.48. The molecule has 0 saturated heterocycles. The lowest BCUT2D eigenvalue weighted by Gasteiger charge is -2.29. The molecule has 0 amide bonds. The first-order chi connectivity index (χ1) is 33.1. The molecule has 1 saturated carbocycles. The molecule has 1 fully saturated rings. The van der Waals surface area contributed by atoms with Gasteiger partial charge in [0.1, 0.15) is 0 Å². The summed E-state index contributed by atoms with van der Waals surface area (Å²) in [6, 6.07) is 88.0. The smallest absolute Gasteiger partial charge is 0.0540 e. The molecule has 67 heavy (non-hydrogen) atoms. The van der Waals surface area contributed by atoms with Crippen LogP contribution < -0.4 is 4.90 Å². The Morgan fingerprint density at radius 1 is 0.373 bits per heavy atom. The van der Waals surface area contributed by atoms with Gasteiger partial charge < -0.3 is 4.90 Å². The van der Waals surface area contributed by atoms with E-state index in [-0.39, 0.29) is 5.41 Å². The second-order valence-electron chi connectivity index (χ2n) is 18.8. The number of hydrogen-bond acceptors (Lipinski definition) is 1. The molecule has 0 radical (unpaired) electrons. The van der Waals surface area contributed by atoms with Gasteiger partial charge in [-0.3, -0.25) is 0 Å². The highest BCUT2D eigenvalue weighted by atomic mass is 15.1. The third-order valence-corrected chi connectivity index (χ3v) is 15.0. The van der Waals surface area contributed by atoms with Crippen molar-refractivity contribution in [3.8, 4) is 55.6 Å². The normalized spacial score (nSPS) is 15.5. The summed E-state index contributed by atoms with van der Waals surface area (Å²) in [5.41, 5.74) is 21.1. The largest absolute Gasteiger partial charge is 0.310 e. The lowest BCUT2D eigenvalue weighted by atomic mass is 9.74. The number of fused-ring (bicyclic) bond motifs is 4. The summed E-state index contributed by atoms with van der Waals surface area (Å²) < 4.78 is 0. The molecular formula is C66H53N. The Bertz CT molecular complexity index is 3360. The van der Waals surface area contributed by atoms with Gasteiger partial charge in [-0.1, -0.05) is 219 Å². The number of anilines is 3. The van der Waals surface area contributed by atoms with Crippen LogP contribution in [0.4, 0.5) is 17.1 Å². The van der Waals surface area contributed by atoms with E-state index in [1.165, 1.54) is 121 Å². The number of nitrogens with zero attached hydrogens (tertiary/aromatic N) is 1. The molecule has 1 heteroatoms. The Labute approximate surface area is 395 Å². The summed E-state index contributed by atoms with van der Waals surface area (Å²) in [7, 11) is 0. The Morgan fingerprint density at radius 2 is 0.866 bits per heavy atom. The van der Waals surface area contributed by atoms with Gasteiger partial charge in [-0.15, -0.1) is 0 Å². The van der Waals surface area contributed by atoms with Crippen LogP contribution in [0.3, 0.4) is 0 Å². The van der Waals surface area contributed by atoms with Crippen LogP contribution in [0, 0.1) is 0 Å². The van der Waals surface area contributed by atoms with Crippen molar-refractivity contribution >= 4 is 27.8 Å². The molecule has 0 heterocycles. The zero-order chi connectivity index (χ0) is 44.7. The van der Waals surface area contributed by atoms with Crippen LogP contribution in [0.1, 0.15) is 67.2 Å². The summed E-state index contributed by atoms with van der Waals surface area (Å²) in [6.45, 7) is 2.40. The number of benzene rings is 10. The van der Waals surface area contributed by atoms with Gasteiger partial charge in [0.25, 0.3) is 0 Å². The molecule has 10 aromatic carbocycles. The van der Waals surface area contributed by atoms with Crippen LogP contribution in [-0.2, 0) is 5.41 Å². The minimum Gasteiger partial charge on any atom is -0.310 e. The lowest BCUT2D eigenvalue weighted by Crippen LogP contribution is -2.22. The zero-order valence-electron chi connectivity index (χ0n) is 38.1. The van der Waals surface area contributed by atoms with Crippen molar-refractivity contribution in [3.63, 3.8) is 0 Å². The van der Waals surface area contributed by atoms with Crippen molar-refractivity contribution in [2.45, 2.75) is 50.4 Å². The Kier molecular flexibility index (Phi) is 10.5. The van der Waals surface area contributed by atoms with E-state index in [0.717, 1.165) is 17.1 Å². The second-order valence-corrected chi connectivity index (χ2v) is 18.8. The summed E-state index contributed by atoms with van der Waals surface area (Å²) in [4.78, 5) is 2.47. The Hall–Kier alpha value is -7.74. The van der Waals surface area contributed by atoms with Gasteiger partial charge >= 0.3 is 0 Å². The van der Waals surface area contributed by atoms with Crippen LogP contribution >= 0.6 is 0 Å². The summed E-state index contributed by atoms with van der Waals surface area (Å²) in [5.74, 6) is 0.586. The van der Waals surface area contributed by atoms with E-state index in [0.29, 0.717) is 5.92 Å². The minimum absolute atomic E-state index is 0.252. The van der Waals surface area contributed by atoms with E-state index < -0.39 is 0 Å². The van der Waals surface area contributed by atoms with E-state index in [1.807, 2.05) is 0 Å². The van der Waals surface area contributed by atoms with Crippen molar-refractivity contribution in [1.82, 2.24) is 0 Å². The number of rotatable bonds is 9. The average molecular weight is 860 g/mol. The molecule has 1 unspecified atom stereocenters. The summed E-state index contributed by atoms with van der Waals surface area (Å²) >= 11 is 0. The van der Waals surface area contributed by atoms with Gasteiger partial charge in [0.2, 0.25) is 0 Å². The van der Waals surface area contributed by atoms with Crippen LogP contribution in [-0.4, -0.2) is 0 Å². The highest BCUT2D eigenvalue weighted by molar-refractivity contribution is 6.03. The number of para-hydroxylation sites is 1. The fraction of sp³-hybridized carbons (Fsp3) is 0.121. The third kappa shape index (κ3) is 7.27. The third-order valence-electron chi connectivity index (χ3n) is 15.0. The molecule has 322 valence electrons. The monoisotopic (exact) mass is 859 g/mol. The van der Waals surface area contributed by atoms with Gasteiger partial charge in [0, 0.05) is 22.4 Å². The molecule has 0 aromatic heterocycles. The van der Waals surface area contributed by atoms with Crippen LogP contribution in [0.2, 0.25) is 0 Å². The first-order valence-electron chi connectivity index (χ1n) is 24.2. The molecule has 0 spiro atoms. The van der Waals surface area contributed by atoms with E-state index in [1.54, 1.807) is 0 Å². The molecule has 12 rings (SSSR count). The van der Waals surface area contributed by atoms with Crippen molar-refractivity contribution in [3.05, 3.63) is 259 Å². The van der Waals surface area contributed by atoms with Gasteiger partial charge in [0.05, 0.1) is 5.69 Å². The minimum atomic E-state index is -0.252. The van der Waals surface area contributed by atoms with Gasteiger partial charge in [0.15, 0.2) is 0 Å². The van der Waals surface area contributed by atoms with Crippen molar-refractivity contribution < 1.29 is 0 Å². The Balaban J connectivity index is 0.966. The molecule has 0 aliphatic heterocycles. The lowest BCUT2D eigenvalue weighted by molar-refractivity contribution is 0.445. The molecule has 2 aliphatic rings. The van der Waals surface area contributed by atoms with E-state index in [9.17, 15) is 0 Å². The fourth-order valence-corrected chi connectivity index (χ4v) is 11.5. The van der Waals surface area contributed by atoms with E-state index in [2.05, 4.69) is 248 Å². The first kappa shape index (κ1) is 40.7. The fourth-order valence-electron chi connectivity index (χ4n) is 11.5. The topological polar surface area (TPSA) is 3.24 Å². The highest BCUT2D eigenvalue weighted by Gasteiger charge is 2.40. The number of hydrogen-bond donors (Lipinski definition) is 0. The molecule has 2 aliphatic carbocycles. The molecule has 1 nitrogen and oxygen atoms in total. The van der Waals surface area contributed by atoms with E-state index >= 15 is 0 Å². The van der Waals surface area contributed by atoms with Crippen molar-refractivity contribution in [2.75, 3.05) is 4.90 Å². The van der Waals surface area contributed by atoms with Gasteiger partial charge in [-0.25, -0.2) is 0 Å². The maximum Gasteiger partial charge on any atom is 0.0540 e. The maximum absolute atomic E-state index is 2.47. The van der Waals surface area contributed by atoms with E-state index in [4.69, 9.17) is 0 Å². The van der Waals surface area contributed by atoms with Crippen molar-refractivity contribution in [2.24, 2.45) is 0 Å². The molecule has 0 bridgehead atoms. The zero-order valence-corrected chi connectivity index (χ0v) is 38.1. The van der Waals surface area contributed by atoms with Crippen molar-refractivity contribution in [1.29, 1.82) is 0 Å². The van der Waals surface area contributed by atoms with Crippen LogP contribution in [0.5, 0.6) is 0 Å². The predicted octanol–water partition coefficient (Wildman–Crippen LogP) is 18.4. The molecular weight excluding hydrogens is 807 g/mol. The summed E-state index contributed by atoms with van der Waals surface area (Å²) in [5, 5.41) is 2.71. The highest BCUT2D eigenvalue weighted by Crippen LogP contribution is 2.53. The SMILES string of the molecule is CC1(c2ccccc2)c2ccccc2-c2ccc(-c3ccc(N(c4ccc(-c5ccc(-c6ccccc6)cc5)cc4)c4ccccc4-c4cccc5cccc(C6CCCCC6)c45)cc3)cc21. The Morgan fingerprint density at radius 3 is 1.54 bits per heavy atom. The van der Waals surface area contributed by atoms with Gasteiger partial charge in [-0.2, -0.15) is 0 Å². The predicted molar refractivity (Wildman–Crippen MR) is 284 cm³/mol. The standard InChI is InChI=1S/C66H53N/c1-66(54-23-9-4-10-24-54)62-29-13-11-25-58(62)59-44-39-53(45-63(59)66)50-37-42-56(43-38-50)67(55-40-35-49(36-41-55)48-33-31-47(32-34-48)46-17-5-2-6-18-46)64-30-14-12-26-60(64)61-28-16-22-52-21-15-27-57(65(52)61)51-19-7-3-8-20-51/h2,4-6,9-18,21-45,51H,3,7-8,19-20H2,1H3. The van der Waals surface area contributed by atoms with Crippen LogP contribution in [0.25, 0.3) is 66.4 Å². The first-order valence-corrected chi connectivity index (χ1v) is 24.2.